The summed E-state index contributed by atoms with van der Waals surface area (Å²) in [5.41, 5.74) is 8.20. The molecule has 1 aromatic heterocycles. The second-order valence-electron chi connectivity index (χ2n) is 5.48. The summed E-state index contributed by atoms with van der Waals surface area (Å²) >= 11 is 6.22. The van der Waals surface area contributed by atoms with E-state index < -0.39 is 0 Å². The fourth-order valence-corrected chi connectivity index (χ4v) is 2.97. The van der Waals surface area contributed by atoms with Gasteiger partial charge in [-0.1, -0.05) is 29.8 Å². The first-order valence-electron chi connectivity index (χ1n) is 7.54. The molecule has 1 aromatic carbocycles. The van der Waals surface area contributed by atoms with E-state index in [0.29, 0.717) is 23.2 Å². The number of hydrogen-bond acceptors (Lipinski definition) is 6. The lowest BCUT2D eigenvalue weighted by atomic mass is 10.1. The monoisotopic (exact) mass is 333 g/mol. The summed E-state index contributed by atoms with van der Waals surface area (Å²) < 4.78 is 5.44. The Morgan fingerprint density at radius 1 is 1.26 bits per heavy atom. The SMILES string of the molecule is CN(Cc1ccccc1N1CCOCC1)c1ncnc(N)c1Cl. The van der Waals surface area contributed by atoms with Crippen LogP contribution in [0.2, 0.25) is 5.02 Å². The van der Waals surface area contributed by atoms with E-state index in [0.717, 1.165) is 26.3 Å². The van der Waals surface area contributed by atoms with E-state index in [1.165, 1.54) is 17.6 Å². The van der Waals surface area contributed by atoms with Gasteiger partial charge < -0.3 is 20.3 Å². The van der Waals surface area contributed by atoms with Crippen molar-refractivity contribution in [2.45, 2.75) is 6.54 Å². The van der Waals surface area contributed by atoms with Gasteiger partial charge in [-0.15, -0.1) is 0 Å². The number of ether oxygens (including phenoxy) is 1. The number of aromatic nitrogens is 2. The van der Waals surface area contributed by atoms with E-state index in [9.17, 15) is 0 Å². The zero-order valence-corrected chi connectivity index (χ0v) is 13.8. The van der Waals surface area contributed by atoms with Crippen LogP contribution in [0.15, 0.2) is 30.6 Å². The molecule has 2 heterocycles. The van der Waals surface area contributed by atoms with Crippen LogP contribution in [-0.2, 0) is 11.3 Å². The van der Waals surface area contributed by atoms with Gasteiger partial charge >= 0.3 is 0 Å². The fraction of sp³-hybridized carbons (Fsp3) is 0.375. The van der Waals surface area contributed by atoms with E-state index in [1.54, 1.807) is 0 Å². The van der Waals surface area contributed by atoms with Gasteiger partial charge in [-0.05, 0) is 11.6 Å². The highest BCUT2D eigenvalue weighted by atomic mass is 35.5. The quantitative estimate of drug-likeness (QED) is 0.925. The predicted molar refractivity (Wildman–Crippen MR) is 93.0 cm³/mol. The topological polar surface area (TPSA) is 67.5 Å². The van der Waals surface area contributed by atoms with Crippen molar-refractivity contribution in [3.8, 4) is 0 Å². The predicted octanol–water partition coefficient (Wildman–Crippen LogP) is 2.19. The Kier molecular flexibility index (Phi) is 4.83. The number of nitrogens with two attached hydrogens (primary N) is 1. The Bertz CT molecular complexity index is 675. The first-order valence-corrected chi connectivity index (χ1v) is 7.92. The molecule has 0 spiro atoms. The second kappa shape index (κ2) is 7.02. The minimum absolute atomic E-state index is 0.296. The minimum atomic E-state index is 0.296. The van der Waals surface area contributed by atoms with Crippen LogP contribution in [0.4, 0.5) is 17.3 Å². The zero-order valence-electron chi connectivity index (χ0n) is 13.1. The Labute approximate surface area is 140 Å². The van der Waals surface area contributed by atoms with E-state index in [2.05, 4.69) is 33.1 Å². The molecule has 122 valence electrons. The lowest BCUT2D eigenvalue weighted by Crippen LogP contribution is -2.37. The highest BCUT2D eigenvalue weighted by Crippen LogP contribution is 2.29. The molecule has 7 heteroatoms. The van der Waals surface area contributed by atoms with Crippen molar-refractivity contribution in [3.05, 3.63) is 41.2 Å². The zero-order chi connectivity index (χ0) is 16.2. The number of benzene rings is 1. The van der Waals surface area contributed by atoms with Gasteiger partial charge in [0.15, 0.2) is 5.82 Å². The van der Waals surface area contributed by atoms with Crippen LogP contribution >= 0.6 is 11.6 Å². The molecule has 3 rings (SSSR count). The highest BCUT2D eigenvalue weighted by molar-refractivity contribution is 6.35. The number of anilines is 3. The molecule has 1 aliphatic heterocycles. The molecule has 1 saturated heterocycles. The van der Waals surface area contributed by atoms with E-state index in [4.69, 9.17) is 22.1 Å². The van der Waals surface area contributed by atoms with Crippen molar-refractivity contribution in [3.63, 3.8) is 0 Å². The molecule has 1 aliphatic rings. The Hall–Kier alpha value is -2.05. The molecule has 0 aliphatic carbocycles. The van der Waals surface area contributed by atoms with Crippen LogP contribution in [0.5, 0.6) is 0 Å². The minimum Gasteiger partial charge on any atom is -0.382 e. The number of para-hydroxylation sites is 1. The van der Waals surface area contributed by atoms with Crippen molar-refractivity contribution < 1.29 is 4.74 Å². The highest BCUT2D eigenvalue weighted by Gasteiger charge is 2.17. The summed E-state index contributed by atoms with van der Waals surface area (Å²) in [7, 11) is 1.95. The Morgan fingerprint density at radius 3 is 2.78 bits per heavy atom. The van der Waals surface area contributed by atoms with Crippen LogP contribution in [0, 0.1) is 0 Å². The van der Waals surface area contributed by atoms with Crippen LogP contribution in [0.3, 0.4) is 0 Å². The maximum Gasteiger partial charge on any atom is 0.153 e. The summed E-state index contributed by atoms with van der Waals surface area (Å²) in [6, 6.07) is 8.37. The Morgan fingerprint density at radius 2 is 2.00 bits per heavy atom. The number of morpholine rings is 1. The molecule has 1 fully saturated rings. The third kappa shape index (κ3) is 3.48. The number of nitrogen functional groups attached to an aromatic ring is 1. The molecule has 0 unspecified atom stereocenters. The molecule has 2 aromatic rings. The van der Waals surface area contributed by atoms with Gasteiger partial charge in [0.25, 0.3) is 0 Å². The standard InChI is InChI=1S/C16H20ClN5O/c1-21(16-14(17)15(18)19-11-20-16)10-12-4-2-3-5-13(12)22-6-8-23-9-7-22/h2-5,11H,6-10H2,1H3,(H2,18,19,20). The molecule has 6 nitrogen and oxygen atoms in total. The molecule has 23 heavy (non-hydrogen) atoms. The first-order chi connectivity index (χ1) is 11.2. The van der Waals surface area contributed by atoms with Crippen molar-refractivity contribution >= 4 is 28.9 Å². The summed E-state index contributed by atoms with van der Waals surface area (Å²) in [4.78, 5) is 12.5. The molecule has 0 amide bonds. The van der Waals surface area contributed by atoms with Crippen molar-refractivity contribution in [1.29, 1.82) is 0 Å². The van der Waals surface area contributed by atoms with Crippen molar-refractivity contribution in [2.24, 2.45) is 0 Å². The summed E-state index contributed by atoms with van der Waals surface area (Å²) in [6.45, 7) is 4.02. The normalized spacial score (nSPS) is 14.8. The van der Waals surface area contributed by atoms with E-state index in [1.807, 2.05) is 18.0 Å². The summed E-state index contributed by atoms with van der Waals surface area (Å²) in [6.07, 6.45) is 1.43. The summed E-state index contributed by atoms with van der Waals surface area (Å²) in [5.74, 6) is 0.931. The van der Waals surface area contributed by atoms with Crippen molar-refractivity contribution in [2.75, 3.05) is 48.9 Å². The number of rotatable bonds is 4. The molecular formula is C16H20ClN5O. The smallest absolute Gasteiger partial charge is 0.153 e. The molecule has 2 N–H and O–H groups in total. The van der Waals surface area contributed by atoms with Crippen LogP contribution in [0.1, 0.15) is 5.56 Å². The third-order valence-electron chi connectivity index (χ3n) is 3.91. The van der Waals surface area contributed by atoms with Gasteiger partial charge in [-0.2, -0.15) is 0 Å². The van der Waals surface area contributed by atoms with Crippen LogP contribution in [-0.4, -0.2) is 43.3 Å². The molecule has 0 saturated carbocycles. The van der Waals surface area contributed by atoms with Crippen LogP contribution in [0.25, 0.3) is 0 Å². The average molecular weight is 334 g/mol. The van der Waals surface area contributed by atoms with Gasteiger partial charge in [0.05, 0.1) is 13.2 Å². The average Bonchev–Trinajstić information content (AvgIpc) is 2.58. The van der Waals surface area contributed by atoms with Gasteiger partial charge in [0.2, 0.25) is 0 Å². The van der Waals surface area contributed by atoms with Gasteiger partial charge in [0.1, 0.15) is 17.2 Å². The number of nitrogens with zero attached hydrogens (tertiary/aromatic N) is 4. The maximum atomic E-state index is 6.22. The van der Waals surface area contributed by atoms with Gasteiger partial charge in [0, 0.05) is 32.4 Å². The largest absolute Gasteiger partial charge is 0.382 e. The lowest BCUT2D eigenvalue weighted by Gasteiger charge is -2.31. The van der Waals surface area contributed by atoms with E-state index in [-0.39, 0.29) is 0 Å². The van der Waals surface area contributed by atoms with Gasteiger partial charge in [-0.25, -0.2) is 9.97 Å². The first kappa shape index (κ1) is 15.8. The number of hydrogen-bond donors (Lipinski definition) is 1. The van der Waals surface area contributed by atoms with Crippen molar-refractivity contribution in [1.82, 2.24) is 9.97 Å². The third-order valence-corrected chi connectivity index (χ3v) is 4.27. The second-order valence-corrected chi connectivity index (χ2v) is 5.86. The molecule has 0 radical (unpaired) electrons. The maximum absolute atomic E-state index is 6.22. The molecule has 0 atom stereocenters. The Balaban J connectivity index is 1.83. The fourth-order valence-electron chi connectivity index (χ4n) is 2.73. The van der Waals surface area contributed by atoms with Gasteiger partial charge in [-0.3, -0.25) is 0 Å². The summed E-state index contributed by atoms with van der Waals surface area (Å²) in [5, 5.41) is 0.388. The molecular weight excluding hydrogens is 314 g/mol. The van der Waals surface area contributed by atoms with Crippen LogP contribution < -0.4 is 15.5 Å². The lowest BCUT2D eigenvalue weighted by molar-refractivity contribution is 0.122. The number of halogens is 1. The van der Waals surface area contributed by atoms with E-state index >= 15 is 0 Å². The molecule has 0 bridgehead atoms.